The molecule has 1 aliphatic rings. The SMILES string of the molecule is COc1cc(C)sc1C(=O)NC1CNCCC1C.Cl. The van der Waals surface area contributed by atoms with E-state index in [9.17, 15) is 4.79 Å². The van der Waals surface area contributed by atoms with E-state index in [1.807, 2.05) is 13.0 Å². The highest BCUT2D eigenvalue weighted by molar-refractivity contribution is 7.14. The maximum atomic E-state index is 12.2. The van der Waals surface area contributed by atoms with Gasteiger partial charge in [0.2, 0.25) is 0 Å². The first-order valence-electron chi connectivity index (χ1n) is 6.28. The van der Waals surface area contributed by atoms with Crippen molar-refractivity contribution in [2.24, 2.45) is 5.92 Å². The molecule has 19 heavy (non-hydrogen) atoms. The van der Waals surface area contributed by atoms with Crippen molar-refractivity contribution in [2.75, 3.05) is 20.2 Å². The molecule has 2 N–H and O–H groups in total. The number of carbonyl (C=O) groups excluding carboxylic acids is 1. The Bertz CT molecular complexity index is 436. The Morgan fingerprint density at radius 1 is 1.58 bits per heavy atom. The summed E-state index contributed by atoms with van der Waals surface area (Å²) in [5.41, 5.74) is 0. The van der Waals surface area contributed by atoms with Crippen molar-refractivity contribution >= 4 is 29.7 Å². The van der Waals surface area contributed by atoms with Crippen LogP contribution in [0.4, 0.5) is 0 Å². The quantitative estimate of drug-likeness (QED) is 0.900. The second-order valence-corrected chi connectivity index (χ2v) is 6.06. The van der Waals surface area contributed by atoms with Crippen molar-refractivity contribution in [3.8, 4) is 5.75 Å². The smallest absolute Gasteiger partial charge is 0.265 e. The molecule has 0 spiro atoms. The second kappa shape index (κ2) is 7.12. The van der Waals surface area contributed by atoms with Crippen LogP contribution >= 0.6 is 23.7 Å². The van der Waals surface area contributed by atoms with Gasteiger partial charge in [0.25, 0.3) is 5.91 Å². The molecule has 4 nitrogen and oxygen atoms in total. The van der Waals surface area contributed by atoms with E-state index in [1.165, 1.54) is 11.3 Å². The van der Waals surface area contributed by atoms with Crippen molar-refractivity contribution in [2.45, 2.75) is 26.3 Å². The molecule has 0 aliphatic carbocycles. The third-order valence-electron chi connectivity index (χ3n) is 3.39. The fraction of sp³-hybridized carbons (Fsp3) is 0.615. The highest BCUT2D eigenvalue weighted by atomic mass is 35.5. The lowest BCUT2D eigenvalue weighted by Gasteiger charge is -2.30. The number of aryl methyl sites for hydroxylation is 1. The summed E-state index contributed by atoms with van der Waals surface area (Å²) in [5.74, 6) is 1.17. The van der Waals surface area contributed by atoms with Gasteiger partial charge in [-0.3, -0.25) is 4.79 Å². The number of piperidine rings is 1. The largest absolute Gasteiger partial charge is 0.495 e. The van der Waals surface area contributed by atoms with E-state index in [4.69, 9.17) is 4.74 Å². The second-order valence-electron chi connectivity index (χ2n) is 4.80. The molecule has 1 aromatic heterocycles. The van der Waals surface area contributed by atoms with Crippen LogP contribution in [0.3, 0.4) is 0 Å². The minimum absolute atomic E-state index is 0. The van der Waals surface area contributed by atoms with Crippen molar-refractivity contribution in [1.29, 1.82) is 0 Å². The molecule has 0 radical (unpaired) electrons. The van der Waals surface area contributed by atoms with Gasteiger partial charge >= 0.3 is 0 Å². The van der Waals surface area contributed by atoms with E-state index in [0.717, 1.165) is 24.4 Å². The number of carbonyl (C=O) groups is 1. The van der Waals surface area contributed by atoms with E-state index in [0.29, 0.717) is 16.5 Å². The molecule has 0 bridgehead atoms. The van der Waals surface area contributed by atoms with Crippen LogP contribution in [0, 0.1) is 12.8 Å². The van der Waals surface area contributed by atoms with Crippen LogP contribution in [0.5, 0.6) is 5.75 Å². The molecule has 2 atom stereocenters. The molecule has 0 saturated carbocycles. The number of hydrogen-bond acceptors (Lipinski definition) is 4. The Morgan fingerprint density at radius 3 is 2.95 bits per heavy atom. The lowest BCUT2D eigenvalue weighted by atomic mass is 9.95. The topological polar surface area (TPSA) is 50.4 Å². The molecule has 6 heteroatoms. The molecule has 2 heterocycles. The molecule has 0 aromatic carbocycles. The normalized spacial score (nSPS) is 22.5. The van der Waals surface area contributed by atoms with Crippen LogP contribution in [0.2, 0.25) is 0 Å². The summed E-state index contributed by atoms with van der Waals surface area (Å²) < 4.78 is 5.24. The van der Waals surface area contributed by atoms with E-state index in [1.54, 1.807) is 7.11 Å². The van der Waals surface area contributed by atoms with Crippen LogP contribution in [0.15, 0.2) is 6.07 Å². The molecule has 1 amide bonds. The zero-order valence-electron chi connectivity index (χ0n) is 11.5. The van der Waals surface area contributed by atoms with Crippen molar-refractivity contribution < 1.29 is 9.53 Å². The van der Waals surface area contributed by atoms with E-state index < -0.39 is 0 Å². The highest BCUT2D eigenvalue weighted by Crippen LogP contribution is 2.28. The van der Waals surface area contributed by atoms with Gasteiger partial charge < -0.3 is 15.4 Å². The van der Waals surface area contributed by atoms with Crippen LogP contribution in [0.1, 0.15) is 27.9 Å². The average Bonchev–Trinajstić information content (AvgIpc) is 2.73. The summed E-state index contributed by atoms with van der Waals surface area (Å²) >= 11 is 1.48. The maximum Gasteiger partial charge on any atom is 0.265 e. The van der Waals surface area contributed by atoms with Gasteiger partial charge in [-0.25, -0.2) is 0 Å². The fourth-order valence-corrected chi connectivity index (χ4v) is 3.10. The molecule has 1 fully saturated rings. The summed E-state index contributed by atoms with van der Waals surface area (Å²) in [6.07, 6.45) is 1.10. The number of hydrogen-bond donors (Lipinski definition) is 2. The zero-order valence-corrected chi connectivity index (χ0v) is 13.1. The molecular formula is C13H21ClN2O2S. The van der Waals surface area contributed by atoms with E-state index in [2.05, 4.69) is 17.6 Å². The number of halogens is 1. The first-order chi connectivity index (χ1) is 8.61. The minimum atomic E-state index is -0.0227. The average molecular weight is 305 g/mol. The number of thiophene rings is 1. The van der Waals surface area contributed by atoms with Gasteiger partial charge in [0.15, 0.2) is 0 Å². The van der Waals surface area contributed by atoms with Gasteiger partial charge in [0.05, 0.1) is 7.11 Å². The molecule has 1 aromatic rings. The van der Waals surface area contributed by atoms with Gasteiger partial charge in [-0.1, -0.05) is 6.92 Å². The van der Waals surface area contributed by atoms with Gasteiger partial charge in [0.1, 0.15) is 10.6 Å². The number of rotatable bonds is 3. The summed E-state index contributed by atoms with van der Waals surface area (Å²) in [5, 5.41) is 6.42. The van der Waals surface area contributed by atoms with Crippen molar-refractivity contribution in [1.82, 2.24) is 10.6 Å². The molecule has 1 aliphatic heterocycles. The third kappa shape index (κ3) is 3.84. The van der Waals surface area contributed by atoms with E-state index in [-0.39, 0.29) is 24.4 Å². The summed E-state index contributed by atoms with van der Waals surface area (Å²) in [6, 6.07) is 2.11. The Morgan fingerprint density at radius 2 is 2.32 bits per heavy atom. The monoisotopic (exact) mass is 304 g/mol. The number of amides is 1. The Balaban J connectivity index is 0.00000180. The van der Waals surface area contributed by atoms with Gasteiger partial charge in [-0.05, 0) is 31.9 Å². The lowest BCUT2D eigenvalue weighted by molar-refractivity contribution is 0.0916. The number of methoxy groups -OCH3 is 1. The van der Waals surface area contributed by atoms with Gasteiger partial charge in [-0.2, -0.15) is 0 Å². The first kappa shape index (κ1) is 16.3. The lowest BCUT2D eigenvalue weighted by Crippen LogP contribution is -2.50. The Kier molecular flexibility index (Phi) is 6.10. The van der Waals surface area contributed by atoms with E-state index >= 15 is 0 Å². The predicted octanol–water partition coefficient (Wildman–Crippen LogP) is 2.21. The van der Waals surface area contributed by atoms with Crippen molar-refractivity contribution in [3.05, 3.63) is 15.8 Å². The Labute approximate surface area is 124 Å². The maximum absolute atomic E-state index is 12.2. The fourth-order valence-electron chi connectivity index (χ4n) is 2.22. The third-order valence-corrected chi connectivity index (χ3v) is 4.42. The molecule has 108 valence electrons. The standard InChI is InChI=1S/C13H20N2O2S.ClH/c1-8-4-5-14-7-10(8)15-13(16)12-11(17-3)6-9(2)18-12;/h6,8,10,14H,4-5,7H2,1-3H3,(H,15,16);1H. The summed E-state index contributed by atoms with van der Waals surface area (Å²) in [6.45, 7) is 6.05. The molecular weight excluding hydrogens is 284 g/mol. The summed E-state index contributed by atoms with van der Waals surface area (Å²) in [4.78, 5) is 14.0. The van der Waals surface area contributed by atoms with Crippen LogP contribution < -0.4 is 15.4 Å². The number of nitrogens with one attached hydrogen (secondary N) is 2. The number of ether oxygens (including phenoxy) is 1. The highest BCUT2D eigenvalue weighted by Gasteiger charge is 2.25. The van der Waals surface area contributed by atoms with Crippen molar-refractivity contribution in [3.63, 3.8) is 0 Å². The van der Waals surface area contributed by atoms with Crippen LogP contribution in [-0.2, 0) is 0 Å². The van der Waals surface area contributed by atoms with Gasteiger partial charge in [0, 0.05) is 17.5 Å². The Hall–Kier alpha value is -0.780. The van der Waals surface area contributed by atoms with Crippen LogP contribution in [-0.4, -0.2) is 32.1 Å². The zero-order chi connectivity index (χ0) is 13.1. The van der Waals surface area contributed by atoms with Gasteiger partial charge in [-0.15, -0.1) is 23.7 Å². The molecule has 1 saturated heterocycles. The predicted molar refractivity (Wildman–Crippen MR) is 80.8 cm³/mol. The van der Waals surface area contributed by atoms with Crippen LogP contribution in [0.25, 0.3) is 0 Å². The molecule has 2 rings (SSSR count). The molecule has 2 unspecified atom stereocenters. The first-order valence-corrected chi connectivity index (χ1v) is 7.09. The minimum Gasteiger partial charge on any atom is -0.495 e. The summed E-state index contributed by atoms with van der Waals surface area (Å²) in [7, 11) is 1.60.